The van der Waals surface area contributed by atoms with Crippen LogP contribution in [0.2, 0.25) is 0 Å². The lowest BCUT2D eigenvalue weighted by Crippen LogP contribution is -2.04. The lowest BCUT2D eigenvalue weighted by atomic mass is 10.1. The quantitative estimate of drug-likeness (QED) is 0.722. The molecule has 0 fully saturated rings. The van der Waals surface area contributed by atoms with Gasteiger partial charge in [-0.1, -0.05) is 12.1 Å². The Balaban J connectivity index is 1.94. The van der Waals surface area contributed by atoms with Crippen LogP contribution >= 0.6 is 0 Å². The molecule has 0 atom stereocenters. The number of aromatic nitrogens is 3. The molecule has 0 aliphatic rings. The van der Waals surface area contributed by atoms with E-state index in [4.69, 9.17) is 5.26 Å². The molecule has 23 heavy (non-hydrogen) atoms. The van der Waals surface area contributed by atoms with Gasteiger partial charge in [0.2, 0.25) is 0 Å². The molecule has 4 nitrogen and oxygen atoms in total. The molecule has 1 heterocycles. The van der Waals surface area contributed by atoms with Gasteiger partial charge in [0.25, 0.3) is 0 Å². The molecule has 0 bridgehead atoms. The maximum Gasteiger partial charge on any atom is 0.416 e. The summed E-state index contributed by atoms with van der Waals surface area (Å²) in [6.07, 6.45) is -3.01. The van der Waals surface area contributed by atoms with Gasteiger partial charge in [0.05, 0.1) is 29.1 Å². The largest absolute Gasteiger partial charge is 0.416 e. The van der Waals surface area contributed by atoms with Crippen molar-refractivity contribution in [3.05, 3.63) is 65.9 Å². The van der Waals surface area contributed by atoms with E-state index < -0.39 is 11.7 Å². The fourth-order valence-electron chi connectivity index (χ4n) is 2.04. The molecule has 2 aromatic carbocycles. The molecule has 0 saturated heterocycles. The zero-order valence-electron chi connectivity index (χ0n) is 11.6. The Morgan fingerprint density at radius 3 is 2.43 bits per heavy atom. The van der Waals surface area contributed by atoms with Gasteiger partial charge in [0.15, 0.2) is 0 Å². The Morgan fingerprint density at radius 2 is 1.78 bits per heavy atom. The highest BCUT2D eigenvalue weighted by molar-refractivity contribution is 5.59. The molecule has 0 aliphatic heterocycles. The second kappa shape index (κ2) is 5.57. The van der Waals surface area contributed by atoms with Crippen molar-refractivity contribution < 1.29 is 13.2 Å². The summed E-state index contributed by atoms with van der Waals surface area (Å²) in [4.78, 5) is 1.30. The van der Waals surface area contributed by atoms with Crippen LogP contribution in [0.4, 0.5) is 13.2 Å². The summed E-state index contributed by atoms with van der Waals surface area (Å²) >= 11 is 0. The Bertz CT molecular complexity index is 873. The highest BCUT2D eigenvalue weighted by atomic mass is 19.4. The lowest BCUT2D eigenvalue weighted by Gasteiger charge is -2.07. The van der Waals surface area contributed by atoms with Gasteiger partial charge in [-0.2, -0.15) is 28.3 Å². The maximum absolute atomic E-state index is 12.8. The summed E-state index contributed by atoms with van der Waals surface area (Å²) in [7, 11) is 0. The molecule has 0 unspecified atom stereocenters. The fraction of sp³-hybridized carbons (Fsp3) is 0.0625. The maximum atomic E-state index is 12.8. The van der Waals surface area contributed by atoms with E-state index in [9.17, 15) is 13.2 Å². The average Bonchev–Trinajstić information content (AvgIpc) is 3.04. The first-order valence-electron chi connectivity index (χ1n) is 6.58. The predicted octanol–water partition coefficient (Wildman–Crippen LogP) is 3.82. The third kappa shape index (κ3) is 3.06. The summed E-state index contributed by atoms with van der Waals surface area (Å²) in [5.41, 5.74) is 1.05. The van der Waals surface area contributed by atoms with E-state index in [2.05, 4.69) is 10.2 Å². The third-order valence-corrected chi connectivity index (χ3v) is 3.20. The van der Waals surface area contributed by atoms with Crippen molar-refractivity contribution in [3.8, 4) is 23.0 Å². The van der Waals surface area contributed by atoms with E-state index in [0.717, 1.165) is 12.1 Å². The molecule has 0 spiro atoms. The Morgan fingerprint density at radius 1 is 1.04 bits per heavy atom. The number of rotatable bonds is 2. The number of nitrogens with zero attached hydrogens (tertiary/aromatic N) is 4. The number of nitriles is 1. The normalized spacial score (nSPS) is 11.2. The predicted molar refractivity (Wildman–Crippen MR) is 76.5 cm³/mol. The first-order valence-corrected chi connectivity index (χ1v) is 6.58. The van der Waals surface area contributed by atoms with Crippen LogP contribution in [0.25, 0.3) is 16.9 Å². The van der Waals surface area contributed by atoms with E-state index in [0.29, 0.717) is 22.5 Å². The minimum absolute atomic E-state index is 0.333. The van der Waals surface area contributed by atoms with Crippen LogP contribution in [-0.2, 0) is 6.18 Å². The second-order valence-corrected chi connectivity index (χ2v) is 4.76. The highest BCUT2D eigenvalue weighted by Gasteiger charge is 2.30. The van der Waals surface area contributed by atoms with Gasteiger partial charge in [-0.05, 0) is 36.4 Å². The summed E-state index contributed by atoms with van der Waals surface area (Å²) < 4.78 is 38.3. The molecule has 0 amide bonds. The van der Waals surface area contributed by atoms with Crippen LogP contribution in [0, 0.1) is 11.3 Å². The van der Waals surface area contributed by atoms with Gasteiger partial charge in [0.1, 0.15) is 5.69 Å². The molecule has 114 valence electrons. The lowest BCUT2D eigenvalue weighted by molar-refractivity contribution is -0.137. The molecule has 3 rings (SSSR count). The average molecular weight is 314 g/mol. The first-order chi connectivity index (χ1) is 11.0. The number of halogens is 3. The molecule has 0 saturated carbocycles. The standard InChI is InChI=1S/C16H9F3N4/c17-16(18,19)13-3-1-2-12(8-13)15-10-21-23(22-15)14-6-4-11(9-20)5-7-14/h1-8,10H. The van der Waals surface area contributed by atoms with Gasteiger partial charge in [-0.25, -0.2) is 0 Å². The van der Waals surface area contributed by atoms with Gasteiger partial charge in [-0.15, -0.1) is 5.10 Å². The van der Waals surface area contributed by atoms with Gasteiger partial charge >= 0.3 is 6.18 Å². The first kappa shape index (κ1) is 14.8. The molecule has 0 N–H and O–H groups in total. The number of alkyl halides is 3. The van der Waals surface area contributed by atoms with E-state index >= 15 is 0 Å². The van der Waals surface area contributed by atoms with Crippen LogP contribution in [0.1, 0.15) is 11.1 Å². The van der Waals surface area contributed by atoms with Crippen molar-refractivity contribution >= 4 is 0 Å². The van der Waals surface area contributed by atoms with Crippen molar-refractivity contribution in [1.82, 2.24) is 15.0 Å². The Hall–Kier alpha value is -3.14. The molecular formula is C16H9F3N4. The van der Waals surface area contributed by atoms with Gasteiger partial charge in [0, 0.05) is 5.56 Å². The SMILES string of the molecule is N#Cc1ccc(-n2ncc(-c3cccc(C(F)(F)F)c3)n2)cc1. The van der Waals surface area contributed by atoms with Crippen molar-refractivity contribution in [1.29, 1.82) is 5.26 Å². The smallest absolute Gasteiger partial charge is 0.192 e. The molecule has 0 radical (unpaired) electrons. The molecule has 0 aliphatic carbocycles. The summed E-state index contributed by atoms with van der Waals surface area (Å²) in [6, 6.07) is 13.5. The van der Waals surface area contributed by atoms with E-state index in [1.807, 2.05) is 6.07 Å². The van der Waals surface area contributed by atoms with E-state index in [1.54, 1.807) is 30.3 Å². The number of hydrogen-bond acceptors (Lipinski definition) is 3. The minimum Gasteiger partial charge on any atom is -0.192 e. The molecule has 3 aromatic rings. The topological polar surface area (TPSA) is 54.5 Å². The van der Waals surface area contributed by atoms with Crippen LogP contribution in [0.15, 0.2) is 54.7 Å². The summed E-state index contributed by atoms with van der Waals surface area (Å²) in [5, 5.41) is 17.0. The Labute approximate surface area is 129 Å². The fourth-order valence-corrected chi connectivity index (χ4v) is 2.04. The van der Waals surface area contributed by atoms with Crippen LogP contribution in [-0.4, -0.2) is 15.0 Å². The van der Waals surface area contributed by atoms with Crippen molar-refractivity contribution in [3.63, 3.8) is 0 Å². The summed E-state index contributed by atoms with van der Waals surface area (Å²) in [5.74, 6) is 0. The van der Waals surface area contributed by atoms with Gasteiger partial charge in [-0.3, -0.25) is 0 Å². The third-order valence-electron chi connectivity index (χ3n) is 3.20. The number of hydrogen-bond donors (Lipinski definition) is 0. The van der Waals surface area contributed by atoms with Crippen LogP contribution in [0.3, 0.4) is 0 Å². The van der Waals surface area contributed by atoms with Crippen molar-refractivity contribution in [2.24, 2.45) is 0 Å². The van der Waals surface area contributed by atoms with Crippen LogP contribution < -0.4 is 0 Å². The highest BCUT2D eigenvalue weighted by Crippen LogP contribution is 2.31. The molecule has 7 heteroatoms. The van der Waals surface area contributed by atoms with Crippen LogP contribution in [0.5, 0.6) is 0 Å². The van der Waals surface area contributed by atoms with Gasteiger partial charge < -0.3 is 0 Å². The molecular weight excluding hydrogens is 305 g/mol. The van der Waals surface area contributed by atoms with E-state index in [-0.39, 0.29) is 0 Å². The zero-order valence-corrected chi connectivity index (χ0v) is 11.6. The summed E-state index contributed by atoms with van der Waals surface area (Å²) in [6.45, 7) is 0. The minimum atomic E-state index is -4.40. The second-order valence-electron chi connectivity index (χ2n) is 4.76. The molecule has 1 aromatic heterocycles. The van der Waals surface area contributed by atoms with E-state index in [1.165, 1.54) is 17.1 Å². The van der Waals surface area contributed by atoms with Crippen molar-refractivity contribution in [2.45, 2.75) is 6.18 Å². The Kier molecular flexibility index (Phi) is 3.58. The zero-order chi connectivity index (χ0) is 16.4. The van der Waals surface area contributed by atoms with Crippen molar-refractivity contribution in [2.75, 3.05) is 0 Å². The monoisotopic (exact) mass is 314 g/mol. The number of benzene rings is 2.